The molecule has 1 aromatic heterocycles. The summed E-state index contributed by atoms with van der Waals surface area (Å²) in [6.07, 6.45) is 2.97. The Balaban J connectivity index is 1.82. The summed E-state index contributed by atoms with van der Waals surface area (Å²) in [6, 6.07) is 5.59. The van der Waals surface area contributed by atoms with E-state index in [1.807, 2.05) is 16.7 Å². The van der Waals surface area contributed by atoms with Crippen LogP contribution in [0.15, 0.2) is 35.6 Å². The van der Waals surface area contributed by atoms with Gasteiger partial charge in [-0.1, -0.05) is 12.1 Å². The maximum absolute atomic E-state index is 12.0. The molecule has 1 aromatic rings. The minimum Gasteiger partial charge on any atom is -0.359 e. The number of aromatic nitrogens is 1. The Kier molecular flexibility index (Phi) is 3.61. The second-order valence-corrected chi connectivity index (χ2v) is 5.96. The zero-order chi connectivity index (χ0) is 14.1. The minimum absolute atomic E-state index is 0.123. The fourth-order valence-corrected chi connectivity index (χ4v) is 3.57. The van der Waals surface area contributed by atoms with E-state index in [0.717, 1.165) is 36.9 Å². The number of piperidine rings is 1. The van der Waals surface area contributed by atoms with Crippen molar-refractivity contribution in [1.29, 1.82) is 0 Å². The predicted octanol–water partition coefficient (Wildman–Crippen LogP) is 1.33. The van der Waals surface area contributed by atoms with Crippen LogP contribution in [0.2, 0.25) is 0 Å². The average Bonchev–Trinajstić information content (AvgIpc) is 2.46. The third kappa shape index (κ3) is 2.38. The molecular formula is C15H19N3OS. The second kappa shape index (κ2) is 5.40. The Labute approximate surface area is 124 Å². The van der Waals surface area contributed by atoms with Gasteiger partial charge in [0.25, 0.3) is 5.56 Å². The van der Waals surface area contributed by atoms with Gasteiger partial charge < -0.3 is 14.8 Å². The molecule has 5 heteroatoms. The highest BCUT2D eigenvalue weighted by Gasteiger charge is 2.35. The first kappa shape index (κ1) is 13.4. The fraction of sp³-hybridized carbons (Fsp3) is 0.467. The molecule has 2 unspecified atom stereocenters. The molecule has 4 nitrogen and oxygen atoms in total. The van der Waals surface area contributed by atoms with Crippen LogP contribution >= 0.6 is 12.2 Å². The van der Waals surface area contributed by atoms with Gasteiger partial charge in [-0.05, 0) is 30.6 Å². The Morgan fingerprint density at radius 2 is 2.30 bits per heavy atom. The van der Waals surface area contributed by atoms with E-state index >= 15 is 0 Å². The van der Waals surface area contributed by atoms with E-state index in [0.29, 0.717) is 18.4 Å². The van der Waals surface area contributed by atoms with Gasteiger partial charge in [0.1, 0.15) is 0 Å². The second-order valence-electron chi connectivity index (χ2n) is 5.58. The van der Waals surface area contributed by atoms with E-state index in [9.17, 15) is 4.79 Å². The number of nitrogens with zero attached hydrogens (tertiary/aromatic N) is 2. The number of nitrogens with one attached hydrogen (secondary N) is 1. The SMILES string of the molecule is C=CCNC(=S)N1CC2CC(C1)c1cccc(=O)n1C2. The number of thiocarbonyl (C=S) groups is 1. The van der Waals surface area contributed by atoms with Crippen LogP contribution in [-0.2, 0) is 6.54 Å². The molecule has 0 aliphatic carbocycles. The molecule has 2 aliphatic heterocycles. The van der Waals surface area contributed by atoms with Crippen LogP contribution in [0.4, 0.5) is 0 Å². The normalized spacial score (nSPS) is 23.9. The zero-order valence-corrected chi connectivity index (χ0v) is 12.2. The van der Waals surface area contributed by atoms with Crippen LogP contribution in [0.25, 0.3) is 0 Å². The van der Waals surface area contributed by atoms with E-state index in [1.54, 1.807) is 6.07 Å². The monoisotopic (exact) mass is 289 g/mol. The van der Waals surface area contributed by atoms with Gasteiger partial charge in [-0.15, -0.1) is 6.58 Å². The van der Waals surface area contributed by atoms with Crippen molar-refractivity contribution in [3.63, 3.8) is 0 Å². The number of rotatable bonds is 2. The van der Waals surface area contributed by atoms with Gasteiger partial charge >= 0.3 is 0 Å². The molecule has 20 heavy (non-hydrogen) atoms. The first-order valence-corrected chi connectivity index (χ1v) is 7.43. The molecular weight excluding hydrogens is 270 g/mol. The molecule has 1 fully saturated rings. The summed E-state index contributed by atoms with van der Waals surface area (Å²) in [7, 11) is 0. The minimum atomic E-state index is 0.123. The molecule has 3 heterocycles. The van der Waals surface area contributed by atoms with Crippen LogP contribution < -0.4 is 10.9 Å². The lowest BCUT2D eigenvalue weighted by Crippen LogP contribution is -2.51. The lowest BCUT2D eigenvalue weighted by Gasteiger charge is -2.43. The van der Waals surface area contributed by atoms with Crippen molar-refractivity contribution < 1.29 is 0 Å². The summed E-state index contributed by atoms with van der Waals surface area (Å²) < 4.78 is 1.94. The Hall–Kier alpha value is -1.62. The zero-order valence-electron chi connectivity index (χ0n) is 11.4. The molecule has 1 saturated heterocycles. The average molecular weight is 289 g/mol. The van der Waals surface area contributed by atoms with Crippen LogP contribution in [0.5, 0.6) is 0 Å². The van der Waals surface area contributed by atoms with Crippen molar-refractivity contribution in [1.82, 2.24) is 14.8 Å². The van der Waals surface area contributed by atoms with Crippen LogP contribution in [0.3, 0.4) is 0 Å². The number of likely N-dealkylation sites (tertiary alicyclic amines) is 1. The molecule has 0 aromatic carbocycles. The number of hydrogen-bond acceptors (Lipinski definition) is 2. The largest absolute Gasteiger partial charge is 0.359 e. The van der Waals surface area contributed by atoms with E-state index in [2.05, 4.69) is 22.9 Å². The molecule has 0 spiro atoms. The van der Waals surface area contributed by atoms with E-state index < -0.39 is 0 Å². The van der Waals surface area contributed by atoms with Gasteiger partial charge in [0, 0.05) is 43.9 Å². The highest BCUT2D eigenvalue weighted by Crippen LogP contribution is 2.34. The molecule has 0 radical (unpaired) electrons. The number of hydrogen-bond donors (Lipinski definition) is 1. The molecule has 0 saturated carbocycles. The maximum atomic E-state index is 12.0. The van der Waals surface area contributed by atoms with E-state index in [-0.39, 0.29) is 5.56 Å². The number of fused-ring (bicyclic) bond motifs is 4. The molecule has 3 rings (SSSR count). The molecule has 2 atom stereocenters. The topological polar surface area (TPSA) is 37.3 Å². The first-order chi connectivity index (χ1) is 9.69. The van der Waals surface area contributed by atoms with Crippen molar-refractivity contribution in [2.75, 3.05) is 19.6 Å². The van der Waals surface area contributed by atoms with Crippen molar-refractivity contribution in [2.45, 2.75) is 18.9 Å². The molecule has 106 valence electrons. The van der Waals surface area contributed by atoms with Gasteiger partial charge in [-0.3, -0.25) is 4.79 Å². The summed E-state index contributed by atoms with van der Waals surface area (Å²) in [5.41, 5.74) is 1.28. The standard InChI is InChI=1S/C15H19N3OS/c1-2-6-16-15(20)17-8-11-7-12(10-17)13-4-3-5-14(19)18(13)9-11/h2-5,11-12H,1,6-10H2,(H,16,20). The summed E-state index contributed by atoms with van der Waals surface area (Å²) >= 11 is 5.44. The summed E-state index contributed by atoms with van der Waals surface area (Å²) in [4.78, 5) is 14.2. The number of pyridine rings is 1. The van der Waals surface area contributed by atoms with E-state index in [1.165, 1.54) is 0 Å². The molecule has 1 N–H and O–H groups in total. The third-order valence-corrected chi connectivity index (χ3v) is 4.57. The highest BCUT2D eigenvalue weighted by atomic mass is 32.1. The Morgan fingerprint density at radius 1 is 1.45 bits per heavy atom. The van der Waals surface area contributed by atoms with Gasteiger partial charge in [-0.2, -0.15) is 0 Å². The highest BCUT2D eigenvalue weighted by molar-refractivity contribution is 7.80. The molecule has 0 amide bonds. The summed E-state index contributed by atoms with van der Waals surface area (Å²) in [5.74, 6) is 0.907. The summed E-state index contributed by atoms with van der Waals surface area (Å²) in [5, 5.41) is 3.99. The van der Waals surface area contributed by atoms with Gasteiger partial charge in [0.2, 0.25) is 0 Å². The Morgan fingerprint density at radius 3 is 3.10 bits per heavy atom. The fourth-order valence-electron chi connectivity index (χ4n) is 3.33. The van der Waals surface area contributed by atoms with Crippen molar-refractivity contribution in [2.24, 2.45) is 5.92 Å². The van der Waals surface area contributed by atoms with Crippen LogP contribution in [0, 0.1) is 5.92 Å². The van der Waals surface area contributed by atoms with Crippen molar-refractivity contribution in [3.8, 4) is 0 Å². The summed E-state index contributed by atoms with van der Waals surface area (Å²) in [6.45, 7) is 7.03. The Bertz CT molecular complexity index is 595. The first-order valence-electron chi connectivity index (χ1n) is 7.02. The smallest absolute Gasteiger partial charge is 0.250 e. The van der Waals surface area contributed by atoms with E-state index in [4.69, 9.17) is 12.2 Å². The maximum Gasteiger partial charge on any atom is 0.250 e. The van der Waals surface area contributed by atoms with Gasteiger partial charge in [0.05, 0.1) is 0 Å². The third-order valence-electron chi connectivity index (χ3n) is 4.16. The van der Waals surface area contributed by atoms with Gasteiger partial charge in [0.15, 0.2) is 5.11 Å². The quantitative estimate of drug-likeness (QED) is 0.658. The molecule has 2 aliphatic rings. The predicted molar refractivity (Wildman–Crippen MR) is 83.9 cm³/mol. The molecule has 2 bridgehead atoms. The van der Waals surface area contributed by atoms with Crippen molar-refractivity contribution >= 4 is 17.3 Å². The van der Waals surface area contributed by atoms with Crippen molar-refractivity contribution in [3.05, 3.63) is 46.9 Å². The van der Waals surface area contributed by atoms with Crippen LogP contribution in [-0.4, -0.2) is 34.2 Å². The van der Waals surface area contributed by atoms with Crippen LogP contribution in [0.1, 0.15) is 18.0 Å². The lowest BCUT2D eigenvalue weighted by atomic mass is 9.83. The van der Waals surface area contributed by atoms with Gasteiger partial charge in [-0.25, -0.2) is 0 Å². The lowest BCUT2D eigenvalue weighted by molar-refractivity contribution is 0.177.